The van der Waals surface area contributed by atoms with Crippen molar-refractivity contribution in [1.82, 2.24) is 4.57 Å². The van der Waals surface area contributed by atoms with Gasteiger partial charge in [0.15, 0.2) is 0 Å². The van der Waals surface area contributed by atoms with Gasteiger partial charge in [-0.25, -0.2) is 0 Å². The van der Waals surface area contributed by atoms with Crippen molar-refractivity contribution < 1.29 is 0 Å². The monoisotopic (exact) mass is 1020 g/mol. The number of aromatic nitrogens is 1. The summed E-state index contributed by atoms with van der Waals surface area (Å²) in [5.74, 6) is 1.37. The zero-order valence-electron chi connectivity index (χ0n) is 47.0. The predicted molar refractivity (Wildman–Crippen MR) is 335 cm³/mol. The summed E-state index contributed by atoms with van der Waals surface area (Å²) in [6.45, 7) is 14.6. The lowest BCUT2D eigenvalue weighted by Crippen LogP contribution is -2.24. The van der Waals surface area contributed by atoms with Crippen molar-refractivity contribution >= 4 is 33.1 Å². The molecule has 79 heavy (non-hydrogen) atoms. The van der Waals surface area contributed by atoms with Crippen molar-refractivity contribution in [2.24, 2.45) is 17.3 Å². The Morgan fingerprint density at radius 3 is 2.11 bits per heavy atom. The fourth-order valence-electron chi connectivity index (χ4n) is 16.1. The normalized spacial score (nSPS) is 21.1. The highest BCUT2D eigenvalue weighted by Crippen LogP contribution is 2.59. The van der Waals surface area contributed by atoms with Crippen LogP contribution in [0.3, 0.4) is 0 Å². The number of nitrogens with zero attached hydrogens (tertiary/aromatic N) is 1. The first-order chi connectivity index (χ1) is 38.6. The molecule has 0 N–H and O–H groups in total. The second-order valence-corrected chi connectivity index (χ2v) is 25.2. The van der Waals surface area contributed by atoms with Gasteiger partial charge >= 0.3 is 0 Å². The molecule has 8 aromatic rings. The molecule has 0 aliphatic heterocycles. The van der Waals surface area contributed by atoms with Crippen molar-refractivity contribution in [1.29, 1.82) is 0 Å². The molecule has 388 valence electrons. The molecule has 0 bridgehead atoms. The van der Waals surface area contributed by atoms with E-state index in [0.717, 1.165) is 57.8 Å². The summed E-state index contributed by atoms with van der Waals surface area (Å²) < 4.78 is 2.65. The first-order valence-corrected chi connectivity index (χ1v) is 29.8. The number of allylic oxidation sites excluding steroid dienone is 16. The number of benzene rings is 7. The van der Waals surface area contributed by atoms with E-state index in [1.54, 1.807) is 27.9 Å². The van der Waals surface area contributed by atoms with Crippen LogP contribution in [0.25, 0.3) is 77.6 Å². The molecule has 0 saturated carbocycles. The zero-order valence-corrected chi connectivity index (χ0v) is 47.0. The van der Waals surface area contributed by atoms with Crippen molar-refractivity contribution in [2.45, 2.75) is 111 Å². The Bertz CT molecular complexity index is 4170. The van der Waals surface area contributed by atoms with E-state index >= 15 is 0 Å². The van der Waals surface area contributed by atoms with E-state index in [4.69, 9.17) is 0 Å². The topological polar surface area (TPSA) is 4.93 Å². The Balaban J connectivity index is 0.927. The van der Waals surface area contributed by atoms with Crippen LogP contribution in [0, 0.1) is 24.2 Å². The minimum atomic E-state index is -0.0522. The Kier molecular flexibility index (Phi) is 11.3. The van der Waals surface area contributed by atoms with Gasteiger partial charge in [-0.1, -0.05) is 216 Å². The summed E-state index contributed by atoms with van der Waals surface area (Å²) >= 11 is 0. The summed E-state index contributed by atoms with van der Waals surface area (Å²) in [5.41, 5.74) is 33.8. The van der Waals surface area contributed by atoms with Gasteiger partial charge in [-0.2, -0.15) is 0 Å². The summed E-state index contributed by atoms with van der Waals surface area (Å²) in [6, 6.07) is 54.7. The maximum absolute atomic E-state index is 2.65. The average molecular weight is 1020 g/mol. The van der Waals surface area contributed by atoms with E-state index in [1.165, 1.54) is 117 Å². The molecule has 0 spiro atoms. The maximum Gasteiger partial charge on any atom is 0.0619 e. The molecule has 0 amide bonds. The van der Waals surface area contributed by atoms with Crippen LogP contribution in [0.4, 0.5) is 0 Å². The molecular weight excluding hydrogens is 951 g/mol. The first kappa shape index (κ1) is 48.4. The third kappa shape index (κ3) is 7.48. The number of rotatable bonds is 8. The van der Waals surface area contributed by atoms with Crippen molar-refractivity contribution in [3.63, 3.8) is 0 Å². The van der Waals surface area contributed by atoms with E-state index < -0.39 is 0 Å². The molecule has 7 aliphatic carbocycles. The SMILES string of the molecule is CCC1CC=CC=C1C1Cc2cc3c(cc2-c2cc(-c4cccc5c6cccc(-c7ccc(C)c(C8=C(Cc9ccccc9)CC9C(=C8)C8=C(C=CCC8)C9(C)C)c7)c6n(C6=CCCC=C6)c45)ccc21)-c1ccccc1C3(C)C. The lowest BCUT2D eigenvalue weighted by atomic mass is 9.69. The summed E-state index contributed by atoms with van der Waals surface area (Å²) in [6.07, 6.45) is 31.7. The molecule has 1 aromatic heterocycles. The molecule has 7 aliphatic rings. The number of hydrogen-bond donors (Lipinski definition) is 0. The Labute approximate surface area is 468 Å². The Hall–Kier alpha value is -7.74. The quantitative estimate of drug-likeness (QED) is 0.143. The zero-order chi connectivity index (χ0) is 53.3. The lowest BCUT2D eigenvalue weighted by molar-refractivity contribution is 0.330. The molecule has 0 radical (unpaired) electrons. The van der Waals surface area contributed by atoms with Crippen LogP contribution in [0.15, 0.2) is 222 Å². The van der Waals surface area contributed by atoms with E-state index in [9.17, 15) is 0 Å². The molecule has 0 fully saturated rings. The summed E-state index contributed by atoms with van der Waals surface area (Å²) in [5, 5.41) is 2.59. The first-order valence-electron chi connectivity index (χ1n) is 29.8. The number of aryl methyl sites for hydroxylation is 1. The minimum absolute atomic E-state index is 0.0522. The molecule has 3 unspecified atom stereocenters. The van der Waals surface area contributed by atoms with Gasteiger partial charge in [-0.15, -0.1) is 0 Å². The molecule has 1 nitrogen and oxygen atoms in total. The average Bonchev–Trinajstić information content (AvgIpc) is 4.04. The van der Waals surface area contributed by atoms with Crippen LogP contribution >= 0.6 is 0 Å². The highest BCUT2D eigenvalue weighted by Gasteiger charge is 2.46. The molecule has 3 atom stereocenters. The van der Waals surface area contributed by atoms with Gasteiger partial charge in [0, 0.05) is 38.9 Å². The maximum atomic E-state index is 2.65. The van der Waals surface area contributed by atoms with Gasteiger partial charge in [-0.05, 0) is 201 Å². The van der Waals surface area contributed by atoms with Crippen molar-refractivity contribution in [3.05, 3.63) is 261 Å². The number of hydrogen-bond acceptors (Lipinski definition) is 0. The molecule has 0 saturated heterocycles. The van der Waals surface area contributed by atoms with Gasteiger partial charge in [0.1, 0.15) is 0 Å². The van der Waals surface area contributed by atoms with Gasteiger partial charge < -0.3 is 4.57 Å². The third-order valence-corrected chi connectivity index (χ3v) is 20.2. The smallest absolute Gasteiger partial charge is 0.0619 e. The van der Waals surface area contributed by atoms with Gasteiger partial charge in [0.2, 0.25) is 0 Å². The molecular formula is C78H71N. The van der Waals surface area contributed by atoms with Crippen molar-refractivity contribution in [2.75, 3.05) is 0 Å². The minimum Gasteiger partial charge on any atom is -0.308 e. The predicted octanol–water partition coefficient (Wildman–Crippen LogP) is 20.8. The van der Waals surface area contributed by atoms with Gasteiger partial charge in [0.25, 0.3) is 0 Å². The van der Waals surface area contributed by atoms with Crippen LogP contribution in [0.1, 0.15) is 124 Å². The fraction of sp³-hybridized carbons (Fsp3) is 0.256. The molecule has 1 heterocycles. The third-order valence-electron chi connectivity index (χ3n) is 20.2. The van der Waals surface area contributed by atoms with Gasteiger partial charge in [-0.3, -0.25) is 0 Å². The fourth-order valence-corrected chi connectivity index (χ4v) is 16.1. The van der Waals surface area contributed by atoms with E-state index in [1.807, 2.05) is 0 Å². The Morgan fingerprint density at radius 2 is 1.34 bits per heavy atom. The summed E-state index contributed by atoms with van der Waals surface area (Å²) in [7, 11) is 0. The standard InChI is InChI=1S/C78H71N/c1-7-50-24-14-15-27-56(50)67-43-54-45-74-70(61-29-17-19-35-72(61)78(74,5)6)47-66(54)68-42-52(38-39-59(67)68)58-31-21-33-63-62-32-20-30-57(75(62)79(76(58)63)55-25-12-9-13-26-55)51-37-36-48(2)64(41-51)65-46-69-60-28-16-18-34-71(60)77(3,4)73(69)44-53(65)40-49-22-10-8-11-23-49/h8,10-12,14-15,17-23,25-27,29-39,41-42,45-47,50,67,73H,7,9,13,16,24,28,40,43-44H2,1-6H3. The molecule has 7 aromatic carbocycles. The highest BCUT2D eigenvalue weighted by atomic mass is 15.0. The van der Waals surface area contributed by atoms with Crippen LogP contribution in [-0.4, -0.2) is 4.57 Å². The molecule has 1 heteroatoms. The van der Waals surface area contributed by atoms with Crippen LogP contribution in [-0.2, 0) is 18.3 Å². The van der Waals surface area contributed by atoms with Crippen LogP contribution in [0.2, 0.25) is 0 Å². The number of para-hydroxylation sites is 2. The van der Waals surface area contributed by atoms with Crippen LogP contribution in [0.5, 0.6) is 0 Å². The second kappa shape index (κ2) is 18.4. The van der Waals surface area contributed by atoms with E-state index in [2.05, 4.69) is 240 Å². The lowest BCUT2D eigenvalue weighted by Gasteiger charge is -2.35. The molecule has 15 rings (SSSR count). The van der Waals surface area contributed by atoms with E-state index in [-0.39, 0.29) is 10.8 Å². The van der Waals surface area contributed by atoms with Crippen molar-refractivity contribution in [3.8, 4) is 44.5 Å². The second-order valence-electron chi connectivity index (χ2n) is 25.2. The van der Waals surface area contributed by atoms with Gasteiger partial charge in [0.05, 0.1) is 11.0 Å². The summed E-state index contributed by atoms with van der Waals surface area (Å²) in [4.78, 5) is 0. The number of fused-ring (bicyclic) bond motifs is 11. The van der Waals surface area contributed by atoms with E-state index in [0.29, 0.717) is 17.8 Å². The highest BCUT2D eigenvalue weighted by molar-refractivity contribution is 6.18. The van der Waals surface area contributed by atoms with Crippen LogP contribution < -0.4 is 0 Å². The Morgan fingerprint density at radius 1 is 0.608 bits per heavy atom. The largest absolute Gasteiger partial charge is 0.308 e.